The number of benzene rings is 4. The lowest BCUT2D eigenvalue weighted by atomic mass is 9.96. The van der Waals surface area contributed by atoms with Crippen LogP contribution < -0.4 is 4.57 Å². The van der Waals surface area contributed by atoms with Crippen LogP contribution in [-0.4, -0.2) is 17.4 Å². The zero-order valence-electron chi connectivity index (χ0n) is 21.5. The first-order valence-corrected chi connectivity index (χ1v) is 12.2. The van der Waals surface area contributed by atoms with Gasteiger partial charge in [0.1, 0.15) is 11.0 Å². The molecule has 1 heterocycles. The fourth-order valence-corrected chi connectivity index (χ4v) is 4.44. The van der Waals surface area contributed by atoms with Crippen LogP contribution in [0.25, 0.3) is 38.9 Å². The Kier molecular flexibility index (Phi) is 7.45. The number of allylic oxidation sites excluding steroid dienone is 2. The number of para-hydroxylation sites is 1. The van der Waals surface area contributed by atoms with Gasteiger partial charge in [0.2, 0.25) is 16.7 Å². The minimum absolute atomic E-state index is 0. The summed E-state index contributed by atoms with van der Waals surface area (Å²) in [6, 6.07) is 28.8. The molecule has 38 heavy (non-hydrogen) atoms. The van der Waals surface area contributed by atoms with Crippen LogP contribution in [0.1, 0.15) is 44.9 Å². The molecule has 0 atom stereocenters. The molecule has 4 nitrogen and oxygen atoms in total. The highest BCUT2D eigenvalue weighted by Gasteiger charge is 2.20. The van der Waals surface area contributed by atoms with Crippen molar-refractivity contribution in [2.24, 2.45) is 9.98 Å². The number of fused-ring (bicyclic) bond motifs is 2. The Morgan fingerprint density at radius 3 is 1.76 bits per heavy atom. The van der Waals surface area contributed by atoms with Crippen molar-refractivity contribution >= 4 is 57.0 Å². The summed E-state index contributed by atoms with van der Waals surface area (Å²) >= 11 is 0. The fraction of sp³-hybridized carbons (Fsp3) is 0.118. The van der Waals surface area contributed by atoms with E-state index in [9.17, 15) is 0 Å². The Labute approximate surface area is 225 Å². The number of nitrogens with zero attached hydrogens (tertiary/aromatic N) is 4. The molecule has 0 aliphatic heterocycles. The highest BCUT2D eigenvalue weighted by molar-refractivity contribution is 6.02. The van der Waals surface area contributed by atoms with Gasteiger partial charge in [-0.1, -0.05) is 49.9 Å². The van der Waals surface area contributed by atoms with Crippen LogP contribution >= 0.6 is 0 Å². The van der Waals surface area contributed by atoms with E-state index >= 15 is 0 Å². The summed E-state index contributed by atoms with van der Waals surface area (Å²) in [6.07, 6.45) is 0. The average Bonchev–Trinajstić information content (AvgIpc) is 2.91. The second-order valence-corrected chi connectivity index (χ2v) is 9.34. The predicted octanol–water partition coefficient (Wildman–Crippen LogP) is 8.84. The molecular formula is C34H33N4+. The van der Waals surface area contributed by atoms with E-state index in [0.29, 0.717) is 0 Å². The summed E-state index contributed by atoms with van der Waals surface area (Å²) < 4.78 is 2.21. The molecule has 0 bridgehead atoms. The molecular weight excluding hydrogens is 464 g/mol. The van der Waals surface area contributed by atoms with E-state index in [0.717, 1.165) is 72.7 Å². The zero-order valence-corrected chi connectivity index (χ0v) is 21.5. The first kappa shape index (κ1) is 26.4. The van der Waals surface area contributed by atoms with Crippen molar-refractivity contribution in [1.29, 1.82) is 0 Å². The minimum Gasteiger partial charge on any atom is -0.264 e. The van der Waals surface area contributed by atoms with Crippen LogP contribution in [0, 0.1) is 0 Å². The number of aromatic nitrogens is 2. The summed E-state index contributed by atoms with van der Waals surface area (Å²) in [6.45, 7) is 18.0. The Morgan fingerprint density at radius 1 is 0.684 bits per heavy atom. The molecule has 0 amide bonds. The maximum Gasteiger partial charge on any atom is 0.239 e. The van der Waals surface area contributed by atoms with Crippen molar-refractivity contribution in [3.63, 3.8) is 0 Å². The third-order valence-electron chi connectivity index (χ3n) is 6.47. The molecule has 1 aromatic heterocycles. The van der Waals surface area contributed by atoms with Gasteiger partial charge in [-0.05, 0) is 86.6 Å². The third kappa shape index (κ3) is 5.07. The lowest BCUT2D eigenvalue weighted by Gasteiger charge is -2.10. The van der Waals surface area contributed by atoms with Crippen LogP contribution in [0.5, 0.6) is 0 Å². The van der Waals surface area contributed by atoms with Gasteiger partial charge in [0, 0.05) is 30.0 Å². The van der Waals surface area contributed by atoms with Gasteiger partial charge in [0.15, 0.2) is 0 Å². The SMILES string of the molecule is C.C=Nc1ccc2nc3ccc(N=C(C)c4cc(C(=C)C)cc(C(=C)C)c4)cc3[n+](-c3ccccc3)c2c1. The highest BCUT2D eigenvalue weighted by atomic mass is 15.0. The molecule has 0 N–H and O–H groups in total. The van der Waals surface area contributed by atoms with E-state index in [1.807, 2.05) is 69.3 Å². The summed E-state index contributed by atoms with van der Waals surface area (Å²) in [5, 5.41) is 0. The molecule has 4 heteroatoms. The van der Waals surface area contributed by atoms with Gasteiger partial charge in [-0.2, -0.15) is 0 Å². The standard InChI is InChI=1S/C33H29N4.CH4/c1-21(2)24-16-25(22(3)4)18-26(17-24)23(5)35-28-13-15-31-33(20-28)37(29-10-8-7-9-11-29)32-19-27(34-6)12-14-30(32)36-31;/h7-20H,1,3,6H2,2,4-5H3;1H4/q+1;. The summed E-state index contributed by atoms with van der Waals surface area (Å²) in [5.41, 5.74) is 12.6. The molecule has 0 aliphatic carbocycles. The van der Waals surface area contributed by atoms with Crippen LogP contribution in [0.15, 0.2) is 108 Å². The fourth-order valence-electron chi connectivity index (χ4n) is 4.44. The average molecular weight is 498 g/mol. The zero-order chi connectivity index (χ0) is 26.1. The van der Waals surface area contributed by atoms with Crippen LogP contribution in [-0.2, 0) is 0 Å². The molecule has 0 radical (unpaired) electrons. The monoisotopic (exact) mass is 497 g/mol. The Bertz CT molecular complexity index is 1710. The smallest absolute Gasteiger partial charge is 0.239 e. The van der Waals surface area contributed by atoms with E-state index < -0.39 is 0 Å². The topological polar surface area (TPSA) is 41.5 Å². The van der Waals surface area contributed by atoms with Crippen molar-refractivity contribution in [1.82, 2.24) is 4.98 Å². The van der Waals surface area contributed by atoms with Gasteiger partial charge in [0.25, 0.3) is 0 Å². The summed E-state index contributed by atoms with van der Waals surface area (Å²) in [4.78, 5) is 14.1. The quantitative estimate of drug-likeness (QED) is 0.131. The van der Waals surface area contributed by atoms with Crippen molar-refractivity contribution < 1.29 is 4.57 Å². The summed E-state index contributed by atoms with van der Waals surface area (Å²) in [7, 11) is 0. The van der Waals surface area contributed by atoms with E-state index in [1.165, 1.54) is 0 Å². The van der Waals surface area contributed by atoms with Crippen LogP contribution in [0.3, 0.4) is 0 Å². The van der Waals surface area contributed by atoms with E-state index in [2.05, 4.69) is 65.8 Å². The normalized spacial score (nSPS) is 11.3. The number of hydrogen-bond acceptors (Lipinski definition) is 3. The van der Waals surface area contributed by atoms with Gasteiger partial charge in [-0.3, -0.25) is 9.98 Å². The van der Waals surface area contributed by atoms with Gasteiger partial charge < -0.3 is 0 Å². The van der Waals surface area contributed by atoms with Gasteiger partial charge >= 0.3 is 0 Å². The Balaban J connectivity index is 0.00000336. The minimum atomic E-state index is 0. The third-order valence-corrected chi connectivity index (χ3v) is 6.47. The van der Waals surface area contributed by atoms with Crippen molar-refractivity contribution in [3.8, 4) is 5.69 Å². The number of aliphatic imine (C=N–C) groups is 2. The van der Waals surface area contributed by atoms with Gasteiger partial charge in [-0.15, -0.1) is 4.57 Å². The molecule has 0 unspecified atom stereocenters. The van der Waals surface area contributed by atoms with Crippen molar-refractivity contribution in [2.45, 2.75) is 28.2 Å². The Hall–Kier alpha value is -4.70. The molecule has 188 valence electrons. The van der Waals surface area contributed by atoms with E-state index in [4.69, 9.17) is 9.98 Å². The molecule has 5 rings (SSSR count). The molecule has 0 aliphatic rings. The molecule has 0 saturated heterocycles. The summed E-state index contributed by atoms with van der Waals surface area (Å²) in [5.74, 6) is 0. The molecule has 0 spiro atoms. The lowest BCUT2D eigenvalue weighted by molar-refractivity contribution is -0.538. The van der Waals surface area contributed by atoms with Crippen molar-refractivity contribution in [3.05, 3.63) is 115 Å². The predicted molar refractivity (Wildman–Crippen MR) is 164 cm³/mol. The first-order chi connectivity index (χ1) is 17.8. The molecule has 5 aromatic rings. The van der Waals surface area contributed by atoms with E-state index in [-0.39, 0.29) is 7.43 Å². The Morgan fingerprint density at radius 2 is 1.21 bits per heavy atom. The molecule has 0 saturated carbocycles. The van der Waals surface area contributed by atoms with Gasteiger partial charge in [0.05, 0.1) is 11.4 Å². The largest absolute Gasteiger partial charge is 0.264 e. The second-order valence-electron chi connectivity index (χ2n) is 9.34. The second kappa shape index (κ2) is 10.7. The molecule has 0 fully saturated rings. The highest BCUT2D eigenvalue weighted by Crippen LogP contribution is 2.26. The number of rotatable bonds is 6. The van der Waals surface area contributed by atoms with Crippen molar-refractivity contribution in [2.75, 3.05) is 0 Å². The molecule has 4 aromatic carbocycles. The maximum absolute atomic E-state index is 5.02. The van der Waals surface area contributed by atoms with E-state index in [1.54, 1.807) is 0 Å². The lowest BCUT2D eigenvalue weighted by Crippen LogP contribution is -2.33. The van der Waals surface area contributed by atoms with Crippen LogP contribution in [0.4, 0.5) is 11.4 Å². The number of hydrogen-bond donors (Lipinski definition) is 0. The van der Waals surface area contributed by atoms with Crippen LogP contribution in [0.2, 0.25) is 0 Å². The maximum atomic E-state index is 5.02. The first-order valence-electron chi connectivity index (χ1n) is 12.2. The van der Waals surface area contributed by atoms with Gasteiger partial charge in [-0.25, -0.2) is 4.98 Å².